The molecule has 0 saturated carbocycles. The third-order valence-corrected chi connectivity index (χ3v) is 4.99. The summed E-state index contributed by atoms with van der Waals surface area (Å²) in [5.41, 5.74) is 1.84. The van der Waals surface area contributed by atoms with Gasteiger partial charge in [-0.2, -0.15) is 0 Å². The highest BCUT2D eigenvalue weighted by Crippen LogP contribution is 2.33. The van der Waals surface area contributed by atoms with Crippen molar-refractivity contribution in [3.05, 3.63) is 40.1 Å². The Labute approximate surface area is 123 Å². The average Bonchev–Trinajstić information content (AvgIpc) is 3.10. The van der Waals surface area contributed by atoms with Crippen LogP contribution in [0.5, 0.6) is 0 Å². The molecule has 1 saturated heterocycles. The molecule has 2 aromatic heterocycles. The van der Waals surface area contributed by atoms with Crippen molar-refractivity contribution in [1.29, 1.82) is 0 Å². The lowest BCUT2D eigenvalue weighted by Crippen LogP contribution is -2.38. The summed E-state index contributed by atoms with van der Waals surface area (Å²) in [7, 11) is 1.97. The fraction of sp³-hybridized carbons (Fsp3) is 0.467. The number of aryl methyl sites for hydroxylation is 1. The van der Waals surface area contributed by atoms with Crippen LogP contribution in [0.15, 0.2) is 23.8 Å². The van der Waals surface area contributed by atoms with Gasteiger partial charge in [-0.15, -0.1) is 11.3 Å². The Hall–Kier alpha value is -1.62. The van der Waals surface area contributed by atoms with E-state index in [9.17, 15) is 4.79 Å². The molecule has 2 aromatic rings. The zero-order valence-corrected chi connectivity index (χ0v) is 12.7. The summed E-state index contributed by atoms with van der Waals surface area (Å²) in [6.07, 6.45) is 7.04. The Morgan fingerprint density at radius 2 is 2.30 bits per heavy atom. The molecule has 106 valence electrons. The first-order chi connectivity index (χ1) is 9.68. The molecule has 5 heteroatoms. The van der Waals surface area contributed by atoms with Gasteiger partial charge >= 0.3 is 0 Å². The molecule has 1 aliphatic rings. The van der Waals surface area contributed by atoms with Crippen molar-refractivity contribution in [2.45, 2.75) is 32.2 Å². The number of carbonyl (C=O) groups excluding carboxylic acids is 1. The Balaban J connectivity index is 1.90. The number of hydrogen-bond acceptors (Lipinski definition) is 3. The molecule has 0 N–H and O–H groups in total. The van der Waals surface area contributed by atoms with Gasteiger partial charge in [0.05, 0.1) is 11.6 Å². The summed E-state index contributed by atoms with van der Waals surface area (Å²) in [5.74, 6) is 0.142. The topological polar surface area (TPSA) is 38.1 Å². The maximum atomic E-state index is 12.8. The molecular weight excluding hydrogens is 270 g/mol. The van der Waals surface area contributed by atoms with E-state index < -0.39 is 0 Å². The molecular formula is C15H19N3OS. The van der Waals surface area contributed by atoms with E-state index in [0.717, 1.165) is 35.7 Å². The van der Waals surface area contributed by atoms with Crippen LogP contribution in [0.3, 0.4) is 0 Å². The van der Waals surface area contributed by atoms with Gasteiger partial charge in [0, 0.05) is 37.1 Å². The number of thiazole rings is 1. The van der Waals surface area contributed by atoms with Gasteiger partial charge in [-0.3, -0.25) is 4.79 Å². The van der Waals surface area contributed by atoms with Crippen molar-refractivity contribution in [3.63, 3.8) is 0 Å². The van der Waals surface area contributed by atoms with Gasteiger partial charge in [0.1, 0.15) is 5.01 Å². The van der Waals surface area contributed by atoms with Gasteiger partial charge in [-0.25, -0.2) is 4.98 Å². The number of aromatic nitrogens is 2. The number of likely N-dealkylation sites (tertiary alicyclic amines) is 1. The number of hydrogen-bond donors (Lipinski definition) is 0. The molecule has 0 bridgehead atoms. The van der Waals surface area contributed by atoms with E-state index in [-0.39, 0.29) is 11.9 Å². The van der Waals surface area contributed by atoms with Crippen molar-refractivity contribution in [3.8, 4) is 0 Å². The van der Waals surface area contributed by atoms with Gasteiger partial charge in [-0.05, 0) is 32.3 Å². The third-order valence-electron chi connectivity index (χ3n) is 4.11. The van der Waals surface area contributed by atoms with E-state index >= 15 is 0 Å². The quantitative estimate of drug-likeness (QED) is 0.851. The molecule has 0 aromatic carbocycles. The Morgan fingerprint density at radius 1 is 1.45 bits per heavy atom. The van der Waals surface area contributed by atoms with E-state index in [0.29, 0.717) is 0 Å². The molecule has 0 aliphatic carbocycles. The molecule has 1 amide bonds. The maximum absolute atomic E-state index is 12.8. The lowest BCUT2D eigenvalue weighted by molar-refractivity contribution is 0.0610. The van der Waals surface area contributed by atoms with E-state index in [2.05, 4.69) is 4.98 Å². The number of rotatable bonds is 2. The predicted octanol–water partition coefficient (Wildman–Crippen LogP) is 3.16. The van der Waals surface area contributed by atoms with Crippen molar-refractivity contribution in [2.75, 3.05) is 6.54 Å². The molecule has 0 radical (unpaired) electrons. The number of amides is 1. The van der Waals surface area contributed by atoms with Gasteiger partial charge in [0.25, 0.3) is 5.91 Å². The van der Waals surface area contributed by atoms with E-state index in [1.807, 2.05) is 47.3 Å². The normalized spacial score (nSPS) is 19.3. The molecule has 1 unspecified atom stereocenters. The minimum atomic E-state index is 0.142. The van der Waals surface area contributed by atoms with Crippen LogP contribution in [0.4, 0.5) is 0 Å². The number of nitrogens with zero attached hydrogens (tertiary/aromatic N) is 3. The molecule has 3 heterocycles. The van der Waals surface area contributed by atoms with Crippen molar-refractivity contribution in [1.82, 2.24) is 14.5 Å². The average molecular weight is 289 g/mol. The van der Waals surface area contributed by atoms with Crippen LogP contribution in [-0.4, -0.2) is 26.9 Å². The highest BCUT2D eigenvalue weighted by atomic mass is 32.1. The zero-order chi connectivity index (χ0) is 14.1. The van der Waals surface area contributed by atoms with Crippen LogP contribution in [0.1, 0.15) is 46.4 Å². The highest BCUT2D eigenvalue weighted by Gasteiger charge is 2.31. The first-order valence-corrected chi connectivity index (χ1v) is 7.88. The molecule has 1 aliphatic heterocycles. The second kappa shape index (κ2) is 5.40. The standard InChI is InChI=1S/C15H19N3OS/c1-11-12(6-9-17(11)2)15(19)18-8-4-3-5-13(18)14-16-7-10-20-14/h6-7,9-10,13H,3-5,8H2,1-2H3. The fourth-order valence-electron chi connectivity index (χ4n) is 2.82. The van der Waals surface area contributed by atoms with E-state index in [1.165, 1.54) is 6.42 Å². The highest BCUT2D eigenvalue weighted by molar-refractivity contribution is 7.09. The van der Waals surface area contributed by atoms with E-state index in [4.69, 9.17) is 0 Å². The van der Waals surface area contributed by atoms with Crippen LogP contribution >= 0.6 is 11.3 Å². The monoisotopic (exact) mass is 289 g/mol. The Kier molecular flexibility index (Phi) is 3.61. The lowest BCUT2D eigenvalue weighted by Gasteiger charge is -2.34. The predicted molar refractivity (Wildman–Crippen MR) is 79.9 cm³/mol. The largest absolute Gasteiger partial charge is 0.354 e. The second-order valence-corrected chi connectivity index (χ2v) is 6.23. The van der Waals surface area contributed by atoms with Gasteiger partial charge < -0.3 is 9.47 Å². The minimum absolute atomic E-state index is 0.142. The first kappa shape index (κ1) is 13.4. The van der Waals surface area contributed by atoms with Crippen molar-refractivity contribution >= 4 is 17.2 Å². The molecule has 3 rings (SSSR count). The fourth-order valence-corrected chi connectivity index (χ4v) is 3.60. The lowest BCUT2D eigenvalue weighted by atomic mass is 10.0. The zero-order valence-electron chi connectivity index (χ0n) is 11.9. The van der Waals surface area contributed by atoms with Crippen molar-refractivity contribution in [2.24, 2.45) is 7.05 Å². The maximum Gasteiger partial charge on any atom is 0.256 e. The SMILES string of the molecule is Cc1c(C(=O)N2CCCCC2c2nccs2)ccn1C. The van der Waals surface area contributed by atoms with Crippen LogP contribution in [0.25, 0.3) is 0 Å². The molecule has 0 spiro atoms. The summed E-state index contributed by atoms with van der Waals surface area (Å²) >= 11 is 1.64. The van der Waals surface area contributed by atoms with Gasteiger partial charge in [0.2, 0.25) is 0 Å². The van der Waals surface area contributed by atoms with Crippen LogP contribution < -0.4 is 0 Å². The number of piperidine rings is 1. The smallest absolute Gasteiger partial charge is 0.256 e. The Bertz CT molecular complexity index is 603. The summed E-state index contributed by atoms with van der Waals surface area (Å²) in [6.45, 7) is 2.83. The molecule has 1 fully saturated rings. The summed E-state index contributed by atoms with van der Waals surface area (Å²) < 4.78 is 2.00. The van der Waals surface area contributed by atoms with Gasteiger partial charge in [-0.1, -0.05) is 0 Å². The summed E-state index contributed by atoms with van der Waals surface area (Å²) in [4.78, 5) is 19.2. The third kappa shape index (κ3) is 2.26. The van der Waals surface area contributed by atoms with Crippen LogP contribution in [-0.2, 0) is 7.05 Å². The van der Waals surface area contributed by atoms with Crippen molar-refractivity contribution < 1.29 is 4.79 Å². The molecule has 20 heavy (non-hydrogen) atoms. The molecule has 1 atom stereocenters. The summed E-state index contributed by atoms with van der Waals surface area (Å²) in [6, 6.07) is 2.07. The van der Waals surface area contributed by atoms with Crippen LogP contribution in [0.2, 0.25) is 0 Å². The molecule has 4 nitrogen and oxygen atoms in total. The van der Waals surface area contributed by atoms with Crippen LogP contribution in [0, 0.1) is 6.92 Å². The second-order valence-electron chi connectivity index (χ2n) is 5.31. The number of carbonyl (C=O) groups is 1. The Morgan fingerprint density at radius 3 is 2.95 bits per heavy atom. The van der Waals surface area contributed by atoms with Gasteiger partial charge in [0.15, 0.2) is 0 Å². The first-order valence-electron chi connectivity index (χ1n) is 7.01. The van der Waals surface area contributed by atoms with E-state index in [1.54, 1.807) is 11.3 Å². The minimum Gasteiger partial charge on any atom is -0.354 e. The summed E-state index contributed by atoms with van der Waals surface area (Å²) in [5, 5.41) is 3.05.